The summed E-state index contributed by atoms with van der Waals surface area (Å²) in [6.45, 7) is 4.47. The minimum atomic E-state index is 0.0422. The van der Waals surface area contributed by atoms with Gasteiger partial charge in [-0.3, -0.25) is 4.79 Å². The van der Waals surface area contributed by atoms with Crippen LogP contribution in [-0.4, -0.2) is 12.5 Å². The summed E-state index contributed by atoms with van der Waals surface area (Å²) in [5.74, 6) is 0.0422. The molecule has 0 atom stereocenters. The molecule has 94 valence electrons. The fourth-order valence-electron chi connectivity index (χ4n) is 1.62. The molecule has 0 aliphatic rings. The SMILES string of the molecule is CCCCCCCCC/C=C/CNC(C)=O. The Labute approximate surface area is 101 Å². The molecule has 0 rings (SSSR count). The van der Waals surface area contributed by atoms with Gasteiger partial charge in [-0.1, -0.05) is 57.6 Å². The molecule has 0 bridgehead atoms. The highest BCUT2D eigenvalue weighted by atomic mass is 16.1. The van der Waals surface area contributed by atoms with Gasteiger partial charge >= 0.3 is 0 Å². The van der Waals surface area contributed by atoms with Crippen LogP contribution >= 0.6 is 0 Å². The van der Waals surface area contributed by atoms with E-state index in [1.54, 1.807) is 6.92 Å². The van der Waals surface area contributed by atoms with Gasteiger partial charge in [0.15, 0.2) is 0 Å². The van der Waals surface area contributed by atoms with Crippen LogP contribution in [-0.2, 0) is 4.79 Å². The molecular formula is C14H27NO. The van der Waals surface area contributed by atoms with Gasteiger partial charge in [0.05, 0.1) is 0 Å². The summed E-state index contributed by atoms with van der Waals surface area (Å²) in [5.41, 5.74) is 0. The minimum Gasteiger partial charge on any atom is -0.353 e. The van der Waals surface area contributed by atoms with Crippen molar-refractivity contribution in [2.45, 2.75) is 65.2 Å². The van der Waals surface area contributed by atoms with Gasteiger partial charge in [-0.2, -0.15) is 0 Å². The molecule has 0 unspecified atom stereocenters. The maximum atomic E-state index is 10.6. The molecule has 2 heteroatoms. The zero-order chi connectivity index (χ0) is 12.1. The van der Waals surface area contributed by atoms with E-state index in [0.717, 1.165) is 6.42 Å². The highest BCUT2D eigenvalue weighted by Crippen LogP contribution is 2.08. The molecule has 0 radical (unpaired) electrons. The smallest absolute Gasteiger partial charge is 0.217 e. The van der Waals surface area contributed by atoms with Crippen molar-refractivity contribution in [3.05, 3.63) is 12.2 Å². The lowest BCUT2D eigenvalue weighted by atomic mass is 10.1. The maximum Gasteiger partial charge on any atom is 0.217 e. The summed E-state index contributed by atoms with van der Waals surface area (Å²) in [4.78, 5) is 10.6. The molecule has 1 amide bonds. The molecule has 0 spiro atoms. The molecule has 0 aliphatic carbocycles. The first-order chi connectivity index (χ1) is 7.77. The van der Waals surface area contributed by atoms with E-state index >= 15 is 0 Å². The summed E-state index contributed by atoms with van der Waals surface area (Å²) >= 11 is 0. The average Bonchev–Trinajstić information content (AvgIpc) is 2.25. The van der Waals surface area contributed by atoms with Crippen LogP contribution in [0.25, 0.3) is 0 Å². The summed E-state index contributed by atoms with van der Waals surface area (Å²) in [5, 5.41) is 2.75. The lowest BCUT2D eigenvalue weighted by Gasteiger charge is -1.99. The van der Waals surface area contributed by atoms with Gasteiger partial charge in [0.2, 0.25) is 5.91 Å². The number of hydrogen-bond acceptors (Lipinski definition) is 1. The first-order valence-electron chi connectivity index (χ1n) is 6.66. The monoisotopic (exact) mass is 225 g/mol. The van der Waals surface area contributed by atoms with Crippen LogP contribution in [0.1, 0.15) is 65.2 Å². The predicted molar refractivity (Wildman–Crippen MR) is 70.4 cm³/mol. The van der Waals surface area contributed by atoms with Gasteiger partial charge in [-0.05, 0) is 12.8 Å². The number of amides is 1. The highest BCUT2D eigenvalue weighted by molar-refractivity contribution is 5.72. The Hall–Kier alpha value is -0.790. The molecule has 0 saturated heterocycles. The molecule has 16 heavy (non-hydrogen) atoms. The standard InChI is InChI=1S/C14H27NO/c1-3-4-5-6-7-8-9-10-11-12-13-15-14(2)16/h11-12H,3-10,13H2,1-2H3,(H,15,16)/b12-11+. The molecule has 2 nitrogen and oxygen atoms in total. The molecule has 0 aromatic carbocycles. The van der Waals surface area contributed by atoms with Crippen molar-refractivity contribution in [1.82, 2.24) is 5.32 Å². The average molecular weight is 225 g/mol. The lowest BCUT2D eigenvalue weighted by Crippen LogP contribution is -2.19. The van der Waals surface area contributed by atoms with E-state index in [1.807, 2.05) is 6.08 Å². The predicted octanol–water partition coefficient (Wildman–Crippen LogP) is 3.82. The molecule has 0 aromatic heterocycles. The van der Waals surface area contributed by atoms with Crippen LogP contribution in [0.15, 0.2) is 12.2 Å². The first kappa shape index (κ1) is 15.2. The molecule has 1 N–H and O–H groups in total. The summed E-state index contributed by atoms with van der Waals surface area (Å²) in [6.07, 6.45) is 14.9. The normalized spacial score (nSPS) is 10.9. The highest BCUT2D eigenvalue weighted by Gasteiger charge is 1.89. The van der Waals surface area contributed by atoms with Crippen molar-refractivity contribution in [1.29, 1.82) is 0 Å². The van der Waals surface area contributed by atoms with Gasteiger partial charge in [-0.15, -0.1) is 0 Å². The number of allylic oxidation sites excluding steroid dienone is 1. The van der Waals surface area contributed by atoms with Crippen molar-refractivity contribution in [2.24, 2.45) is 0 Å². The molecule has 0 fully saturated rings. The number of unbranched alkanes of at least 4 members (excludes halogenated alkanes) is 7. The van der Waals surface area contributed by atoms with Crippen LogP contribution in [0, 0.1) is 0 Å². The van der Waals surface area contributed by atoms with E-state index in [-0.39, 0.29) is 5.91 Å². The Balaban J connectivity index is 3.05. The third-order valence-corrected chi connectivity index (χ3v) is 2.61. The quantitative estimate of drug-likeness (QED) is 0.444. The Kier molecular flexibility index (Phi) is 11.7. The van der Waals surface area contributed by atoms with Gasteiger partial charge in [0, 0.05) is 13.5 Å². The van der Waals surface area contributed by atoms with Crippen molar-refractivity contribution in [3.8, 4) is 0 Å². The summed E-state index contributed by atoms with van der Waals surface area (Å²) in [6, 6.07) is 0. The van der Waals surface area contributed by atoms with Crippen LogP contribution in [0.4, 0.5) is 0 Å². The maximum absolute atomic E-state index is 10.6. The second-order valence-corrected chi connectivity index (χ2v) is 4.32. The minimum absolute atomic E-state index is 0.0422. The summed E-state index contributed by atoms with van der Waals surface area (Å²) < 4.78 is 0. The van der Waals surface area contributed by atoms with Gasteiger partial charge in [0.1, 0.15) is 0 Å². The fourth-order valence-corrected chi connectivity index (χ4v) is 1.62. The fraction of sp³-hybridized carbons (Fsp3) is 0.786. The molecule has 0 heterocycles. The van der Waals surface area contributed by atoms with Crippen LogP contribution in [0.3, 0.4) is 0 Å². The third-order valence-electron chi connectivity index (χ3n) is 2.61. The topological polar surface area (TPSA) is 29.1 Å². The zero-order valence-corrected chi connectivity index (χ0v) is 10.9. The van der Waals surface area contributed by atoms with Gasteiger partial charge < -0.3 is 5.32 Å². The number of rotatable bonds is 10. The Bertz CT molecular complexity index is 187. The van der Waals surface area contributed by atoms with Crippen molar-refractivity contribution in [3.63, 3.8) is 0 Å². The van der Waals surface area contributed by atoms with Gasteiger partial charge in [-0.25, -0.2) is 0 Å². The Morgan fingerprint density at radius 1 is 1.00 bits per heavy atom. The first-order valence-corrected chi connectivity index (χ1v) is 6.66. The largest absolute Gasteiger partial charge is 0.353 e. The van der Waals surface area contributed by atoms with Crippen LogP contribution in [0.5, 0.6) is 0 Å². The number of carbonyl (C=O) groups excluding carboxylic acids is 1. The molecule has 0 aromatic rings. The van der Waals surface area contributed by atoms with Gasteiger partial charge in [0.25, 0.3) is 0 Å². The van der Waals surface area contributed by atoms with Crippen molar-refractivity contribution < 1.29 is 4.79 Å². The number of carbonyl (C=O) groups is 1. The third kappa shape index (κ3) is 13.2. The lowest BCUT2D eigenvalue weighted by molar-refractivity contribution is -0.118. The molecule has 0 saturated carbocycles. The van der Waals surface area contributed by atoms with E-state index in [1.165, 1.54) is 44.9 Å². The Morgan fingerprint density at radius 3 is 2.25 bits per heavy atom. The molecular weight excluding hydrogens is 198 g/mol. The zero-order valence-electron chi connectivity index (χ0n) is 10.9. The summed E-state index contributed by atoms with van der Waals surface area (Å²) in [7, 11) is 0. The van der Waals surface area contributed by atoms with E-state index in [2.05, 4.69) is 18.3 Å². The van der Waals surface area contributed by atoms with E-state index in [9.17, 15) is 4.79 Å². The van der Waals surface area contributed by atoms with Crippen LogP contribution in [0.2, 0.25) is 0 Å². The second-order valence-electron chi connectivity index (χ2n) is 4.32. The second kappa shape index (κ2) is 12.3. The van der Waals surface area contributed by atoms with Crippen molar-refractivity contribution in [2.75, 3.05) is 6.54 Å². The molecule has 0 aliphatic heterocycles. The number of hydrogen-bond donors (Lipinski definition) is 1. The van der Waals surface area contributed by atoms with E-state index in [0.29, 0.717) is 6.54 Å². The van der Waals surface area contributed by atoms with E-state index in [4.69, 9.17) is 0 Å². The van der Waals surface area contributed by atoms with Crippen LogP contribution < -0.4 is 5.32 Å². The van der Waals surface area contributed by atoms with Crippen molar-refractivity contribution >= 4 is 5.91 Å². The van der Waals surface area contributed by atoms with E-state index < -0.39 is 0 Å². The Morgan fingerprint density at radius 2 is 1.62 bits per heavy atom. The number of nitrogens with one attached hydrogen (secondary N) is 1.